The van der Waals surface area contributed by atoms with Crippen LogP contribution in [0.5, 0.6) is 11.5 Å². The number of nitrogens with two attached hydrogens (primary N) is 1. The maximum absolute atomic E-state index is 5.73. The summed E-state index contributed by atoms with van der Waals surface area (Å²) in [5.41, 5.74) is 6.11. The Morgan fingerprint density at radius 2 is 1.88 bits per heavy atom. The average Bonchev–Trinajstić information content (AvgIpc) is 2.37. The van der Waals surface area contributed by atoms with Crippen molar-refractivity contribution < 1.29 is 14.2 Å². The minimum atomic E-state index is -0.544. The zero-order valence-corrected chi connectivity index (χ0v) is 10.2. The van der Waals surface area contributed by atoms with Gasteiger partial charge < -0.3 is 19.9 Å². The first kappa shape index (κ1) is 12.8. The summed E-state index contributed by atoms with van der Waals surface area (Å²) < 4.78 is 15.9. The van der Waals surface area contributed by atoms with E-state index in [1.165, 1.54) is 0 Å². The molecule has 0 fully saturated rings. The Morgan fingerprint density at radius 1 is 1.19 bits per heavy atom. The second-order valence-electron chi connectivity index (χ2n) is 3.71. The maximum Gasteiger partial charge on any atom is 0.128 e. The van der Waals surface area contributed by atoms with Gasteiger partial charge in [0.05, 0.1) is 14.2 Å². The summed E-state index contributed by atoms with van der Waals surface area (Å²) in [6.45, 7) is 2.31. The molecule has 0 heterocycles. The molecule has 0 aliphatic heterocycles. The van der Waals surface area contributed by atoms with Crippen molar-refractivity contribution in [1.82, 2.24) is 0 Å². The van der Waals surface area contributed by atoms with Crippen molar-refractivity contribution >= 4 is 0 Å². The van der Waals surface area contributed by atoms with Crippen LogP contribution >= 0.6 is 0 Å². The number of rotatable bonds is 5. The minimum absolute atomic E-state index is 0.381. The van der Waals surface area contributed by atoms with Gasteiger partial charge in [0.1, 0.15) is 17.1 Å². The third-order valence-corrected chi connectivity index (χ3v) is 2.82. The molecule has 1 aromatic carbocycles. The number of hydrogen-bond donors (Lipinski definition) is 1. The molecule has 0 radical (unpaired) electrons. The van der Waals surface area contributed by atoms with Gasteiger partial charge in [0.25, 0.3) is 0 Å². The number of benzene rings is 1. The first-order chi connectivity index (χ1) is 7.61. The summed E-state index contributed by atoms with van der Waals surface area (Å²) in [5, 5.41) is 0. The molecule has 0 bridgehead atoms. The molecule has 1 aromatic rings. The molecule has 0 saturated heterocycles. The standard InChI is InChI=1S/C12H19NO3/c1-12(8-13,16-4)10-6-5-9(14-2)7-11(10)15-3/h5-7H,8,13H2,1-4H3. The van der Waals surface area contributed by atoms with E-state index in [1.807, 2.05) is 25.1 Å². The van der Waals surface area contributed by atoms with Crippen LogP contribution in [0.4, 0.5) is 0 Å². The van der Waals surface area contributed by atoms with Crippen LogP contribution < -0.4 is 15.2 Å². The van der Waals surface area contributed by atoms with Crippen LogP contribution in [0.15, 0.2) is 18.2 Å². The number of methoxy groups -OCH3 is 3. The lowest BCUT2D eigenvalue weighted by atomic mass is 9.94. The van der Waals surface area contributed by atoms with Crippen molar-refractivity contribution in [3.05, 3.63) is 23.8 Å². The average molecular weight is 225 g/mol. The first-order valence-corrected chi connectivity index (χ1v) is 5.09. The van der Waals surface area contributed by atoms with Gasteiger partial charge >= 0.3 is 0 Å². The van der Waals surface area contributed by atoms with E-state index in [9.17, 15) is 0 Å². The van der Waals surface area contributed by atoms with Gasteiger partial charge in [-0.2, -0.15) is 0 Å². The highest BCUT2D eigenvalue weighted by Crippen LogP contribution is 2.34. The molecule has 16 heavy (non-hydrogen) atoms. The van der Waals surface area contributed by atoms with E-state index in [2.05, 4.69) is 0 Å². The molecule has 90 valence electrons. The van der Waals surface area contributed by atoms with E-state index in [-0.39, 0.29) is 0 Å². The number of hydrogen-bond acceptors (Lipinski definition) is 4. The summed E-state index contributed by atoms with van der Waals surface area (Å²) >= 11 is 0. The van der Waals surface area contributed by atoms with Crippen molar-refractivity contribution in [2.45, 2.75) is 12.5 Å². The van der Waals surface area contributed by atoms with E-state index in [0.29, 0.717) is 12.3 Å². The van der Waals surface area contributed by atoms with E-state index in [0.717, 1.165) is 11.3 Å². The molecular weight excluding hydrogens is 206 g/mol. The molecule has 0 spiro atoms. The van der Waals surface area contributed by atoms with Crippen LogP contribution in [-0.4, -0.2) is 27.9 Å². The van der Waals surface area contributed by atoms with Crippen LogP contribution in [0.3, 0.4) is 0 Å². The first-order valence-electron chi connectivity index (χ1n) is 5.09. The van der Waals surface area contributed by atoms with Gasteiger partial charge in [0.2, 0.25) is 0 Å². The molecule has 1 unspecified atom stereocenters. The Hall–Kier alpha value is -1.26. The highest BCUT2D eigenvalue weighted by Gasteiger charge is 2.28. The second-order valence-corrected chi connectivity index (χ2v) is 3.71. The molecule has 0 saturated carbocycles. The minimum Gasteiger partial charge on any atom is -0.497 e. The monoisotopic (exact) mass is 225 g/mol. The van der Waals surface area contributed by atoms with Crippen molar-refractivity contribution in [3.8, 4) is 11.5 Å². The zero-order valence-electron chi connectivity index (χ0n) is 10.2. The quantitative estimate of drug-likeness (QED) is 0.825. The molecule has 0 aliphatic carbocycles. The largest absolute Gasteiger partial charge is 0.497 e. The summed E-state index contributed by atoms with van der Waals surface area (Å²) in [4.78, 5) is 0. The lowest BCUT2D eigenvalue weighted by Gasteiger charge is -2.28. The molecule has 4 nitrogen and oxygen atoms in total. The van der Waals surface area contributed by atoms with E-state index in [1.54, 1.807) is 21.3 Å². The second kappa shape index (κ2) is 5.18. The Labute approximate surface area is 96.3 Å². The van der Waals surface area contributed by atoms with Crippen LogP contribution in [-0.2, 0) is 10.3 Å². The van der Waals surface area contributed by atoms with Crippen molar-refractivity contribution in [2.24, 2.45) is 5.73 Å². The fourth-order valence-electron chi connectivity index (χ4n) is 1.54. The Morgan fingerprint density at radius 3 is 2.31 bits per heavy atom. The predicted molar refractivity (Wildman–Crippen MR) is 63.0 cm³/mol. The third kappa shape index (κ3) is 2.28. The molecule has 0 aromatic heterocycles. The van der Waals surface area contributed by atoms with E-state index >= 15 is 0 Å². The summed E-state index contributed by atoms with van der Waals surface area (Å²) in [5.74, 6) is 1.46. The normalized spacial score (nSPS) is 14.3. The maximum atomic E-state index is 5.73. The SMILES string of the molecule is COc1ccc(C(C)(CN)OC)c(OC)c1. The van der Waals surface area contributed by atoms with Gasteiger partial charge in [0.15, 0.2) is 0 Å². The van der Waals surface area contributed by atoms with Gasteiger partial charge in [-0.15, -0.1) is 0 Å². The topological polar surface area (TPSA) is 53.7 Å². The predicted octanol–water partition coefficient (Wildman–Crippen LogP) is 1.52. The smallest absolute Gasteiger partial charge is 0.128 e. The summed E-state index contributed by atoms with van der Waals surface area (Å²) in [6, 6.07) is 5.60. The van der Waals surface area contributed by atoms with Gasteiger partial charge in [-0.3, -0.25) is 0 Å². The van der Waals surface area contributed by atoms with E-state index in [4.69, 9.17) is 19.9 Å². The summed E-state index contributed by atoms with van der Waals surface area (Å²) in [7, 11) is 4.87. The number of ether oxygens (including phenoxy) is 3. The van der Waals surface area contributed by atoms with Crippen molar-refractivity contribution in [3.63, 3.8) is 0 Å². The molecule has 4 heteroatoms. The highest BCUT2D eigenvalue weighted by atomic mass is 16.5. The van der Waals surface area contributed by atoms with Gasteiger partial charge in [-0.1, -0.05) is 0 Å². The van der Waals surface area contributed by atoms with Crippen LogP contribution in [0.1, 0.15) is 12.5 Å². The lowest BCUT2D eigenvalue weighted by Crippen LogP contribution is -2.34. The molecular formula is C12H19NO3. The van der Waals surface area contributed by atoms with Crippen LogP contribution in [0.2, 0.25) is 0 Å². The highest BCUT2D eigenvalue weighted by molar-refractivity contribution is 5.44. The third-order valence-electron chi connectivity index (χ3n) is 2.82. The van der Waals surface area contributed by atoms with Crippen LogP contribution in [0, 0.1) is 0 Å². The molecule has 1 rings (SSSR count). The van der Waals surface area contributed by atoms with Crippen molar-refractivity contribution in [2.75, 3.05) is 27.9 Å². The van der Waals surface area contributed by atoms with Gasteiger partial charge in [-0.25, -0.2) is 0 Å². The summed E-state index contributed by atoms with van der Waals surface area (Å²) in [6.07, 6.45) is 0. The molecule has 1 atom stereocenters. The fourth-order valence-corrected chi connectivity index (χ4v) is 1.54. The fraction of sp³-hybridized carbons (Fsp3) is 0.500. The Bertz CT molecular complexity index is 348. The molecule has 0 aliphatic rings. The van der Waals surface area contributed by atoms with Crippen LogP contribution in [0.25, 0.3) is 0 Å². The Balaban J connectivity index is 3.22. The van der Waals surface area contributed by atoms with Gasteiger partial charge in [0, 0.05) is 25.3 Å². The molecule has 2 N–H and O–H groups in total. The van der Waals surface area contributed by atoms with Crippen molar-refractivity contribution in [1.29, 1.82) is 0 Å². The molecule has 0 amide bonds. The Kier molecular flexibility index (Phi) is 4.15. The van der Waals surface area contributed by atoms with Gasteiger partial charge in [-0.05, 0) is 19.1 Å². The van der Waals surface area contributed by atoms with E-state index < -0.39 is 5.60 Å². The lowest BCUT2D eigenvalue weighted by molar-refractivity contribution is 0.00818. The zero-order chi connectivity index (χ0) is 12.2.